The van der Waals surface area contributed by atoms with Gasteiger partial charge in [0, 0.05) is 37.2 Å². The summed E-state index contributed by atoms with van der Waals surface area (Å²) >= 11 is 8.46. The minimum absolute atomic E-state index is 0.0515. The van der Waals surface area contributed by atoms with E-state index in [-0.39, 0.29) is 53.9 Å². The molecule has 21 heteroatoms. The highest BCUT2D eigenvalue weighted by Gasteiger charge is 2.51. The summed E-state index contributed by atoms with van der Waals surface area (Å²) in [5.74, 6) is 0.371. The van der Waals surface area contributed by atoms with Crippen molar-refractivity contribution in [1.82, 2.24) is 33.5 Å². The number of aromatic nitrogens is 7. The first-order chi connectivity index (χ1) is 20.5. The molecule has 3 saturated heterocycles. The van der Waals surface area contributed by atoms with E-state index in [1.807, 2.05) is 0 Å². The molecule has 3 aliphatic rings. The molecule has 7 rings (SSSR count). The van der Waals surface area contributed by atoms with Gasteiger partial charge in [-0.05, 0) is 6.42 Å². The maximum atomic E-state index is 16.0. The van der Waals surface area contributed by atoms with Gasteiger partial charge in [0.05, 0.1) is 25.1 Å². The lowest BCUT2D eigenvalue weighted by Gasteiger charge is -2.27. The lowest BCUT2D eigenvalue weighted by Crippen LogP contribution is -2.32. The SMILES string of the molecule is Nc1ncnc2c1ncn2[C@@H]1O[C@@H]2CC[P@](=O)(S)O[C@@H]3C[C@@H](CO[P@@](=O)(S)O[C@H]2[C@@H]1F)O[C@H]3n1ccc(=O)n2ccnc12. The van der Waals surface area contributed by atoms with E-state index < -0.39 is 56.4 Å². The highest BCUT2D eigenvalue weighted by Crippen LogP contribution is 2.60. The predicted octanol–water partition coefficient (Wildman–Crippen LogP) is 2.79. The van der Waals surface area contributed by atoms with Crippen molar-refractivity contribution in [3.63, 3.8) is 0 Å². The number of nitrogens with zero attached hydrogens (tertiary/aromatic N) is 7. The normalized spacial score (nSPS) is 37.1. The number of nitrogens with two attached hydrogens (primary N) is 1. The zero-order chi connectivity index (χ0) is 30.1. The van der Waals surface area contributed by atoms with Gasteiger partial charge in [0.1, 0.15) is 24.1 Å². The first-order valence-electron chi connectivity index (χ1n) is 13.1. The van der Waals surface area contributed by atoms with Gasteiger partial charge in [-0.1, -0.05) is 24.5 Å². The molecule has 7 heterocycles. The van der Waals surface area contributed by atoms with Crippen LogP contribution in [0.2, 0.25) is 0 Å². The lowest BCUT2D eigenvalue weighted by molar-refractivity contribution is -0.0444. The average molecular weight is 675 g/mol. The summed E-state index contributed by atoms with van der Waals surface area (Å²) in [6, 6.07) is 1.33. The number of rotatable bonds is 2. The van der Waals surface area contributed by atoms with Crippen LogP contribution in [0, 0.1) is 0 Å². The van der Waals surface area contributed by atoms with Gasteiger partial charge in [0.25, 0.3) is 12.1 Å². The molecule has 3 fully saturated rings. The van der Waals surface area contributed by atoms with Gasteiger partial charge in [-0.2, -0.15) is 0 Å². The summed E-state index contributed by atoms with van der Waals surface area (Å²) in [4.78, 5) is 28.7. The van der Waals surface area contributed by atoms with Gasteiger partial charge in [0.2, 0.25) is 5.78 Å². The molecule has 0 aromatic carbocycles. The van der Waals surface area contributed by atoms with Crippen molar-refractivity contribution in [2.45, 2.75) is 55.9 Å². The molecule has 4 aromatic heterocycles. The standard InChI is InChI=1S/C22H25FN8O8P2S2/c23-15-17-12(37-21(15)31-10-28-16-18(24)26-9-27-19(16)31)2-6-40(33,42)38-13-7-11(8-35-41(34,43)39-17)36-20(13)30-4-1-14(32)29-5-3-25-22(29)30/h1,3-5,9-13,15,17,20-21H,2,6-8H2,(H,33,42)(H,34,43)(H2,24,26,27)/t11-,12+,13+,15-,17+,20+,21+,40+,41+/m0/s1. The van der Waals surface area contributed by atoms with Gasteiger partial charge in [-0.15, -0.1) is 0 Å². The third-order valence-corrected chi connectivity index (χ3v) is 11.4. The number of imidazole rings is 2. The highest BCUT2D eigenvalue weighted by molar-refractivity contribution is 8.46. The van der Waals surface area contributed by atoms with Crippen LogP contribution in [0.5, 0.6) is 0 Å². The van der Waals surface area contributed by atoms with E-state index in [1.165, 1.54) is 46.3 Å². The van der Waals surface area contributed by atoms with Crippen LogP contribution in [-0.2, 0) is 32.2 Å². The molecule has 0 unspecified atom stereocenters. The average Bonchev–Trinajstić information content (AvgIpc) is 3.74. The molecule has 0 saturated carbocycles. The maximum absolute atomic E-state index is 16.0. The Kier molecular flexibility index (Phi) is 7.46. The minimum atomic E-state index is -4.18. The molecule has 0 radical (unpaired) electrons. The monoisotopic (exact) mass is 674 g/mol. The third kappa shape index (κ3) is 5.44. The summed E-state index contributed by atoms with van der Waals surface area (Å²) in [5.41, 5.74) is 6.04. The van der Waals surface area contributed by atoms with Crippen molar-refractivity contribution >= 4 is 60.6 Å². The molecular weight excluding hydrogens is 649 g/mol. The largest absolute Gasteiger partial charge is 0.386 e. The number of alkyl halides is 1. The quantitative estimate of drug-likeness (QED) is 0.208. The molecule has 230 valence electrons. The Balaban J connectivity index is 1.19. The molecule has 16 nitrogen and oxygen atoms in total. The summed E-state index contributed by atoms with van der Waals surface area (Å²) in [7, 11) is 0. The van der Waals surface area contributed by atoms with E-state index in [1.54, 1.807) is 4.57 Å². The molecule has 2 bridgehead atoms. The number of nitrogen functional groups attached to an aromatic ring is 1. The zero-order valence-electron chi connectivity index (χ0n) is 22.0. The molecule has 0 spiro atoms. The van der Waals surface area contributed by atoms with Crippen molar-refractivity contribution in [3.8, 4) is 0 Å². The summed E-state index contributed by atoms with van der Waals surface area (Å²) < 4.78 is 76.7. The van der Waals surface area contributed by atoms with Crippen LogP contribution in [0.1, 0.15) is 25.3 Å². The number of hydrogen-bond acceptors (Lipinski definition) is 13. The Morgan fingerprint density at radius 2 is 1.86 bits per heavy atom. The van der Waals surface area contributed by atoms with E-state index in [9.17, 15) is 13.9 Å². The van der Waals surface area contributed by atoms with Crippen LogP contribution < -0.4 is 11.3 Å². The predicted molar refractivity (Wildman–Crippen MR) is 155 cm³/mol. The molecule has 9 atom stereocenters. The number of halogens is 1. The summed E-state index contributed by atoms with van der Waals surface area (Å²) in [6.45, 7) is -8.13. The van der Waals surface area contributed by atoms with Gasteiger partial charge >= 0.3 is 6.80 Å². The molecule has 3 aliphatic heterocycles. The first-order valence-corrected chi connectivity index (χ1v) is 18.7. The maximum Gasteiger partial charge on any atom is 0.386 e. The van der Waals surface area contributed by atoms with E-state index in [0.29, 0.717) is 0 Å². The molecule has 0 amide bonds. The van der Waals surface area contributed by atoms with Crippen LogP contribution in [0.4, 0.5) is 10.2 Å². The Bertz CT molecular complexity index is 1860. The summed E-state index contributed by atoms with van der Waals surface area (Å²) in [5, 5.41) is 0. The van der Waals surface area contributed by atoms with Crippen LogP contribution >= 0.6 is 37.9 Å². The van der Waals surface area contributed by atoms with E-state index in [0.717, 1.165) is 0 Å². The molecular formula is C22H25FN8O8P2S2. The van der Waals surface area contributed by atoms with Crippen molar-refractivity contribution in [2.24, 2.45) is 0 Å². The van der Waals surface area contributed by atoms with Crippen LogP contribution in [0.3, 0.4) is 0 Å². The fourth-order valence-electron chi connectivity index (χ4n) is 5.56. The second-order valence-electron chi connectivity index (χ2n) is 10.3. The van der Waals surface area contributed by atoms with Crippen molar-refractivity contribution in [1.29, 1.82) is 0 Å². The Morgan fingerprint density at radius 1 is 1.02 bits per heavy atom. The van der Waals surface area contributed by atoms with Crippen LogP contribution in [-0.4, -0.2) is 76.8 Å². The summed E-state index contributed by atoms with van der Waals surface area (Å²) in [6.07, 6.45) is -1.21. The number of anilines is 1. The van der Waals surface area contributed by atoms with Crippen molar-refractivity contribution in [2.75, 3.05) is 18.5 Å². The topological polar surface area (TPSA) is 189 Å². The molecule has 0 aliphatic carbocycles. The number of fused-ring (bicyclic) bond motifs is 5. The van der Waals surface area contributed by atoms with Crippen LogP contribution in [0.25, 0.3) is 16.9 Å². The van der Waals surface area contributed by atoms with Crippen LogP contribution in [0.15, 0.2) is 42.1 Å². The van der Waals surface area contributed by atoms with Crippen molar-refractivity contribution in [3.05, 3.63) is 47.7 Å². The minimum Gasteiger partial charge on any atom is -0.382 e. The molecule has 43 heavy (non-hydrogen) atoms. The van der Waals surface area contributed by atoms with Crippen molar-refractivity contribution < 1.29 is 36.6 Å². The van der Waals surface area contributed by atoms with Gasteiger partial charge in [-0.3, -0.25) is 31.9 Å². The number of thiol groups is 2. The Morgan fingerprint density at radius 3 is 2.70 bits per heavy atom. The lowest BCUT2D eigenvalue weighted by atomic mass is 10.1. The smallest absolute Gasteiger partial charge is 0.382 e. The molecule has 4 aromatic rings. The Hall–Kier alpha value is -2.34. The first kappa shape index (κ1) is 29.4. The van der Waals surface area contributed by atoms with Gasteiger partial charge in [0.15, 0.2) is 30.1 Å². The number of hydrogen-bond donors (Lipinski definition) is 3. The fourth-order valence-corrected chi connectivity index (χ4v) is 9.07. The van der Waals surface area contributed by atoms with E-state index in [4.69, 9.17) is 28.8 Å². The second kappa shape index (κ2) is 10.9. The molecule has 2 N–H and O–H groups in total. The van der Waals surface area contributed by atoms with E-state index >= 15 is 4.39 Å². The van der Waals surface area contributed by atoms with Gasteiger partial charge < -0.3 is 19.7 Å². The zero-order valence-corrected chi connectivity index (χ0v) is 25.6. The highest BCUT2D eigenvalue weighted by atomic mass is 32.7. The van der Waals surface area contributed by atoms with E-state index in [2.05, 4.69) is 44.4 Å². The Labute approximate surface area is 252 Å². The second-order valence-corrected chi connectivity index (χ2v) is 16.9. The number of ether oxygens (including phenoxy) is 2. The third-order valence-electron chi connectivity index (χ3n) is 7.49. The van der Waals surface area contributed by atoms with Gasteiger partial charge in [-0.25, -0.2) is 28.9 Å². The fraction of sp³-hybridized carbons (Fsp3) is 0.500.